The second-order valence-electron chi connectivity index (χ2n) is 4.64. The monoisotopic (exact) mass is 212 g/mol. The van der Waals surface area contributed by atoms with Crippen LogP contribution < -0.4 is 11.1 Å². The highest BCUT2D eigenvalue weighted by Gasteiger charge is 2.17. The van der Waals surface area contributed by atoms with Gasteiger partial charge < -0.3 is 11.1 Å². The van der Waals surface area contributed by atoms with Crippen LogP contribution in [0.2, 0.25) is 0 Å². The van der Waals surface area contributed by atoms with Crippen LogP contribution in [0, 0.1) is 5.92 Å². The predicted octanol–water partition coefficient (Wildman–Crippen LogP) is 1.81. The zero-order valence-corrected chi connectivity index (χ0v) is 9.80. The molecule has 0 spiro atoms. The van der Waals surface area contributed by atoms with E-state index in [0.29, 0.717) is 5.92 Å². The van der Waals surface area contributed by atoms with Gasteiger partial charge in [-0.2, -0.15) is 0 Å². The first-order valence-corrected chi connectivity index (χ1v) is 6.27. The van der Waals surface area contributed by atoms with Gasteiger partial charge in [-0.05, 0) is 25.2 Å². The van der Waals surface area contributed by atoms with Gasteiger partial charge in [0.25, 0.3) is 0 Å². The maximum Gasteiger partial charge on any atom is 0.236 e. The van der Waals surface area contributed by atoms with Crippen LogP contribution in [-0.4, -0.2) is 18.5 Å². The second kappa shape index (κ2) is 6.83. The van der Waals surface area contributed by atoms with Crippen LogP contribution in [0.15, 0.2) is 0 Å². The van der Waals surface area contributed by atoms with Crippen molar-refractivity contribution in [2.24, 2.45) is 11.7 Å². The van der Waals surface area contributed by atoms with Crippen molar-refractivity contribution in [3.05, 3.63) is 0 Å². The van der Waals surface area contributed by atoms with E-state index in [1.165, 1.54) is 25.7 Å². The molecule has 88 valence electrons. The van der Waals surface area contributed by atoms with Crippen molar-refractivity contribution in [2.75, 3.05) is 6.54 Å². The van der Waals surface area contributed by atoms with Crippen LogP contribution in [0.4, 0.5) is 0 Å². The molecule has 15 heavy (non-hydrogen) atoms. The van der Waals surface area contributed by atoms with E-state index in [2.05, 4.69) is 12.2 Å². The quantitative estimate of drug-likeness (QED) is 0.705. The van der Waals surface area contributed by atoms with E-state index in [-0.39, 0.29) is 11.9 Å². The molecule has 1 amide bonds. The maximum atomic E-state index is 11.6. The number of nitrogens with two attached hydrogens (primary N) is 1. The molecule has 3 heteroatoms. The van der Waals surface area contributed by atoms with Gasteiger partial charge >= 0.3 is 0 Å². The van der Waals surface area contributed by atoms with Crippen LogP contribution in [0.3, 0.4) is 0 Å². The summed E-state index contributed by atoms with van der Waals surface area (Å²) in [7, 11) is 0. The van der Waals surface area contributed by atoms with E-state index >= 15 is 0 Å². The third kappa shape index (κ3) is 4.65. The summed E-state index contributed by atoms with van der Waals surface area (Å²) in [5.74, 6) is 0.739. The molecule has 0 radical (unpaired) electrons. The van der Waals surface area contributed by atoms with Crippen molar-refractivity contribution < 1.29 is 4.79 Å². The average Bonchev–Trinajstić information content (AvgIpc) is 2.75. The molecule has 0 aromatic heterocycles. The van der Waals surface area contributed by atoms with Gasteiger partial charge in [0.1, 0.15) is 0 Å². The Balaban J connectivity index is 2.11. The molecule has 0 unspecified atom stereocenters. The number of rotatable bonds is 6. The molecule has 3 nitrogen and oxygen atoms in total. The summed E-state index contributed by atoms with van der Waals surface area (Å²) in [6.07, 6.45) is 8.13. The average molecular weight is 212 g/mol. The molecular weight excluding hydrogens is 188 g/mol. The molecule has 0 aromatic carbocycles. The van der Waals surface area contributed by atoms with Crippen LogP contribution in [0.5, 0.6) is 0 Å². The number of carbonyl (C=O) groups is 1. The highest BCUT2D eigenvalue weighted by atomic mass is 16.2. The highest BCUT2D eigenvalue weighted by molar-refractivity contribution is 5.81. The Labute approximate surface area is 92.8 Å². The van der Waals surface area contributed by atoms with Gasteiger partial charge in [0.15, 0.2) is 0 Å². The predicted molar refractivity (Wildman–Crippen MR) is 62.5 cm³/mol. The van der Waals surface area contributed by atoms with Crippen molar-refractivity contribution in [1.82, 2.24) is 5.32 Å². The van der Waals surface area contributed by atoms with Crippen molar-refractivity contribution in [3.8, 4) is 0 Å². The van der Waals surface area contributed by atoms with Crippen molar-refractivity contribution in [3.63, 3.8) is 0 Å². The van der Waals surface area contributed by atoms with E-state index in [1.807, 2.05) is 0 Å². The number of carbonyl (C=O) groups excluding carboxylic acids is 1. The summed E-state index contributed by atoms with van der Waals surface area (Å²) in [5, 5.41) is 2.97. The lowest BCUT2D eigenvalue weighted by Gasteiger charge is -2.14. The van der Waals surface area contributed by atoms with Crippen molar-refractivity contribution in [1.29, 1.82) is 0 Å². The SMILES string of the molecule is CCCC[C@H](N)C(=O)NCC1CCCC1. The summed E-state index contributed by atoms with van der Waals surface area (Å²) in [6, 6.07) is -0.300. The number of nitrogens with one attached hydrogen (secondary N) is 1. The zero-order chi connectivity index (χ0) is 11.1. The van der Waals surface area contributed by atoms with E-state index in [0.717, 1.165) is 25.8 Å². The van der Waals surface area contributed by atoms with Gasteiger partial charge in [0, 0.05) is 6.54 Å². The smallest absolute Gasteiger partial charge is 0.236 e. The fourth-order valence-corrected chi connectivity index (χ4v) is 2.15. The minimum Gasteiger partial charge on any atom is -0.354 e. The Morgan fingerprint density at radius 1 is 1.47 bits per heavy atom. The first kappa shape index (κ1) is 12.5. The van der Waals surface area contributed by atoms with E-state index < -0.39 is 0 Å². The van der Waals surface area contributed by atoms with E-state index in [9.17, 15) is 4.79 Å². The fourth-order valence-electron chi connectivity index (χ4n) is 2.15. The molecule has 1 saturated carbocycles. The Hall–Kier alpha value is -0.570. The number of hydrogen-bond acceptors (Lipinski definition) is 2. The second-order valence-corrected chi connectivity index (χ2v) is 4.64. The Kier molecular flexibility index (Phi) is 5.69. The molecule has 1 aliphatic carbocycles. The molecule has 0 heterocycles. The summed E-state index contributed by atoms with van der Waals surface area (Å²) >= 11 is 0. The molecule has 1 aliphatic rings. The fraction of sp³-hybridized carbons (Fsp3) is 0.917. The number of amides is 1. The third-order valence-corrected chi connectivity index (χ3v) is 3.25. The van der Waals surface area contributed by atoms with Crippen LogP contribution >= 0.6 is 0 Å². The standard InChI is InChI=1S/C12H24N2O/c1-2-3-8-11(13)12(15)14-9-10-6-4-5-7-10/h10-11H,2-9,13H2,1H3,(H,14,15)/t11-/m0/s1. The van der Waals surface area contributed by atoms with Gasteiger partial charge in [0.05, 0.1) is 6.04 Å². The van der Waals surface area contributed by atoms with E-state index in [4.69, 9.17) is 5.73 Å². The number of hydrogen-bond donors (Lipinski definition) is 2. The topological polar surface area (TPSA) is 55.1 Å². The van der Waals surface area contributed by atoms with Gasteiger partial charge in [-0.1, -0.05) is 32.6 Å². The molecule has 1 rings (SSSR count). The lowest BCUT2D eigenvalue weighted by molar-refractivity contribution is -0.122. The van der Waals surface area contributed by atoms with Crippen LogP contribution in [0.1, 0.15) is 51.9 Å². The van der Waals surface area contributed by atoms with E-state index in [1.54, 1.807) is 0 Å². The molecule has 0 saturated heterocycles. The molecule has 3 N–H and O–H groups in total. The van der Waals surface area contributed by atoms with Crippen molar-refractivity contribution in [2.45, 2.75) is 57.9 Å². The lowest BCUT2D eigenvalue weighted by Crippen LogP contribution is -2.42. The zero-order valence-electron chi connectivity index (χ0n) is 9.80. The first-order valence-electron chi connectivity index (χ1n) is 6.27. The maximum absolute atomic E-state index is 11.6. The Morgan fingerprint density at radius 3 is 2.73 bits per heavy atom. The Bertz CT molecular complexity index is 188. The molecule has 0 aliphatic heterocycles. The van der Waals surface area contributed by atoms with Gasteiger partial charge in [0.2, 0.25) is 5.91 Å². The van der Waals surface area contributed by atoms with Gasteiger partial charge in [-0.25, -0.2) is 0 Å². The summed E-state index contributed by atoms with van der Waals surface area (Å²) in [5.41, 5.74) is 5.78. The molecule has 0 bridgehead atoms. The molecule has 0 aromatic rings. The lowest BCUT2D eigenvalue weighted by atomic mass is 10.1. The van der Waals surface area contributed by atoms with Gasteiger partial charge in [-0.3, -0.25) is 4.79 Å². The third-order valence-electron chi connectivity index (χ3n) is 3.25. The first-order chi connectivity index (χ1) is 7.24. The van der Waals surface area contributed by atoms with Gasteiger partial charge in [-0.15, -0.1) is 0 Å². The van der Waals surface area contributed by atoms with Crippen molar-refractivity contribution >= 4 is 5.91 Å². The molecule has 1 fully saturated rings. The van der Waals surface area contributed by atoms with Crippen LogP contribution in [0.25, 0.3) is 0 Å². The molecular formula is C12H24N2O. The molecule has 1 atom stereocenters. The summed E-state index contributed by atoms with van der Waals surface area (Å²) < 4.78 is 0. The normalized spacial score (nSPS) is 19.1. The highest BCUT2D eigenvalue weighted by Crippen LogP contribution is 2.23. The van der Waals surface area contributed by atoms with Crippen LogP contribution in [-0.2, 0) is 4.79 Å². The largest absolute Gasteiger partial charge is 0.354 e. The minimum absolute atomic E-state index is 0.0374. The Morgan fingerprint density at radius 2 is 2.13 bits per heavy atom. The summed E-state index contributed by atoms with van der Waals surface area (Å²) in [6.45, 7) is 2.95. The number of unbranched alkanes of at least 4 members (excludes halogenated alkanes) is 1. The minimum atomic E-state index is -0.300. The summed E-state index contributed by atoms with van der Waals surface area (Å²) in [4.78, 5) is 11.6.